The number of fused-ring (bicyclic) bond motifs is 10. The van der Waals surface area contributed by atoms with E-state index in [0.29, 0.717) is 5.52 Å². The van der Waals surface area contributed by atoms with E-state index in [1.807, 2.05) is 0 Å². The molecule has 0 radical (unpaired) electrons. The molecule has 0 unspecified atom stereocenters. The highest BCUT2D eigenvalue weighted by molar-refractivity contribution is 6.39. The molecule has 5 aromatic rings. The fourth-order valence-corrected chi connectivity index (χ4v) is 5.83. The Bertz CT molecular complexity index is 1860. The Morgan fingerprint density at radius 3 is 2.29 bits per heavy atom. The molecule has 0 bridgehead atoms. The number of rotatable bonds is 2. The molecule has 0 aliphatic carbocycles. The van der Waals surface area contributed by atoms with Crippen molar-refractivity contribution in [2.45, 2.75) is 30.7 Å². The quantitative estimate of drug-likeness (QED) is 0.207. The first kappa shape index (κ1) is 23.1. The molecule has 2 aliphatic rings. The summed E-state index contributed by atoms with van der Waals surface area (Å²) in [6.45, 7) is -1.30. The SMILES string of the molecule is O=C1NC(=O)c2c1c1c3cc(F)ccc3[nH]c1c1c2c2cc(F)ccc2n1[C@@H]1O[C@H](CF)[C@@H](F)[C@H](O)[C@H]1O. The molecule has 1 fully saturated rings. The Hall–Kier alpha value is -4.00. The zero-order valence-electron chi connectivity index (χ0n) is 19.1. The zero-order valence-corrected chi connectivity index (χ0v) is 19.1. The highest BCUT2D eigenvalue weighted by atomic mass is 19.1. The molecule has 5 atom stereocenters. The fourth-order valence-electron chi connectivity index (χ4n) is 5.83. The second-order valence-electron chi connectivity index (χ2n) is 9.50. The second kappa shape index (κ2) is 7.76. The van der Waals surface area contributed by atoms with Crippen molar-refractivity contribution in [1.82, 2.24) is 14.9 Å². The summed E-state index contributed by atoms with van der Waals surface area (Å²) in [5.74, 6) is -2.79. The van der Waals surface area contributed by atoms with Crippen molar-refractivity contribution >= 4 is 55.4 Å². The van der Waals surface area contributed by atoms with E-state index in [9.17, 15) is 37.4 Å². The van der Waals surface area contributed by atoms with Gasteiger partial charge in [-0.25, -0.2) is 17.6 Å². The van der Waals surface area contributed by atoms with Gasteiger partial charge >= 0.3 is 0 Å². The third-order valence-electron chi connectivity index (χ3n) is 7.44. The number of aliphatic hydroxyl groups is 2. The topological polar surface area (TPSA) is 117 Å². The number of carbonyl (C=O) groups excluding carboxylic acids is 2. The van der Waals surface area contributed by atoms with E-state index in [2.05, 4.69) is 10.3 Å². The maximum Gasteiger partial charge on any atom is 0.259 e. The lowest BCUT2D eigenvalue weighted by atomic mass is 9.96. The van der Waals surface area contributed by atoms with E-state index in [1.54, 1.807) is 0 Å². The van der Waals surface area contributed by atoms with E-state index >= 15 is 0 Å². The Morgan fingerprint density at radius 2 is 1.58 bits per heavy atom. The number of halogens is 4. The minimum atomic E-state index is -2.22. The zero-order chi connectivity index (χ0) is 26.6. The Labute approximate surface area is 209 Å². The molecule has 4 heterocycles. The summed E-state index contributed by atoms with van der Waals surface area (Å²) in [7, 11) is 0. The van der Waals surface area contributed by atoms with Crippen molar-refractivity contribution in [3.05, 3.63) is 59.2 Å². The molecule has 0 spiro atoms. The largest absolute Gasteiger partial charge is 0.387 e. The summed E-state index contributed by atoms with van der Waals surface area (Å²) in [5.41, 5.74) is 0.792. The van der Waals surface area contributed by atoms with Gasteiger partial charge in [-0.2, -0.15) is 0 Å². The summed E-state index contributed by atoms with van der Waals surface area (Å²) in [6.07, 6.45) is -9.43. The van der Waals surface area contributed by atoms with Gasteiger partial charge < -0.3 is 24.5 Å². The Kier molecular flexibility index (Phi) is 4.72. The first-order valence-electron chi connectivity index (χ1n) is 11.7. The number of aromatic amines is 1. The number of benzene rings is 3. The van der Waals surface area contributed by atoms with Crippen molar-refractivity contribution in [1.29, 1.82) is 0 Å². The number of aliphatic hydroxyl groups excluding tert-OH is 2. The van der Waals surface area contributed by atoms with Crippen LogP contribution in [0, 0.1) is 11.6 Å². The molecule has 1 saturated heterocycles. The summed E-state index contributed by atoms with van der Waals surface area (Å²) in [4.78, 5) is 29.2. The van der Waals surface area contributed by atoms with Crippen LogP contribution >= 0.6 is 0 Å². The predicted molar refractivity (Wildman–Crippen MR) is 127 cm³/mol. The summed E-state index contributed by atoms with van der Waals surface area (Å²) in [5, 5.41) is 24.2. The predicted octanol–water partition coefficient (Wildman–Crippen LogP) is 3.52. The van der Waals surface area contributed by atoms with Crippen molar-refractivity contribution in [3.63, 3.8) is 0 Å². The monoisotopic (exact) mass is 527 g/mol. The van der Waals surface area contributed by atoms with Crippen LogP contribution in [0.2, 0.25) is 0 Å². The standard InChI is InChI=1S/C26H17F4N3O5/c27-7-14-19(30)22(34)23(35)26(38-14)33-13-4-2-9(29)6-11(13)16-18-17(24(36)32-25(18)37)15-10-5-8(28)1-3-12(10)31-20(15)21(16)33/h1-6,14,19,22-23,26,31,34-35H,7H2,(H,32,36,37)/t14-,19-,22+,23-,26-/m1/s1. The van der Waals surface area contributed by atoms with Gasteiger partial charge in [0.05, 0.1) is 27.7 Å². The van der Waals surface area contributed by atoms with E-state index in [4.69, 9.17) is 4.74 Å². The molecule has 8 nitrogen and oxygen atoms in total. The molecule has 7 rings (SSSR count). The molecule has 0 saturated carbocycles. The van der Waals surface area contributed by atoms with Crippen molar-refractivity contribution < 1.29 is 42.1 Å². The van der Waals surface area contributed by atoms with E-state index in [1.165, 1.54) is 28.8 Å². The van der Waals surface area contributed by atoms with Gasteiger partial charge in [-0.05, 0) is 36.4 Å². The minimum Gasteiger partial charge on any atom is -0.387 e. The molecule has 4 N–H and O–H groups in total. The van der Waals surface area contributed by atoms with Crippen LogP contribution in [0.4, 0.5) is 17.6 Å². The second-order valence-corrected chi connectivity index (χ2v) is 9.50. The number of carbonyl (C=O) groups is 2. The van der Waals surface area contributed by atoms with Crippen LogP contribution in [0.15, 0.2) is 36.4 Å². The highest BCUT2D eigenvalue weighted by Crippen LogP contribution is 2.46. The number of imide groups is 1. The molecule has 2 aromatic heterocycles. The van der Waals surface area contributed by atoms with Crippen LogP contribution in [0.3, 0.4) is 0 Å². The smallest absolute Gasteiger partial charge is 0.259 e. The Morgan fingerprint density at radius 1 is 0.921 bits per heavy atom. The maximum absolute atomic E-state index is 14.5. The van der Waals surface area contributed by atoms with Gasteiger partial charge in [-0.3, -0.25) is 14.9 Å². The number of hydrogen-bond acceptors (Lipinski definition) is 5. The van der Waals surface area contributed by atoms with Crippen molar-refractivity contribution in [2.24, 2.45) is 0 Å². The normalized spacial score (nSPS) is 25.7. The van der Waals surface area contributed by atoms with E-state index in [0.717, 1.165) is 12.1 Å². The molecule has 2 amide bonds. The minimum absolute atomic E-state index is 0.0479. The number of nitrogens with one attached hydrogen (secondary N) is 2. The summed E-state index contributed by atoms with van der Waals surface area (Å²) < 4.78 is 63.9. The molecule has 3 aromatic carbocycles. The summed E-state index contributed by atoms with van der Waals surface area (Å²) in [6, 6.07) is 7.38. The number of H-pyrrole nitrogens is 1. The van der Waals surface area contributed by atoms with Gasteiger partial charge in [-0.15, -0.1) is 0 Å². The number of amides is 2. The average molecular weight is 527 g/mol. The number of hydrogen-bond donors (Lipinski definition) is 4. The summed E-state index contributed by atoms with van der Waals surface area (Å²) >= 11 is 0. The number of alkyl halides is 2. The number of aromatic nitrogens is 2. The van der Waals surface area contributed by atoms with Crippen molar-refractivity contribution in [2.75, 3.05) is 6.67 Å². The Balaban J connectivity index is 1.72. The van der Waals surface area contributed by atoms with Gasteiger partial charge in [0, 0.05) is 27.1 Å². The molecule has 2 aliphatic heterocycles. The average Bonchev–Trinajstić information content (AvgIpc) is 3.51. The number of ether oxygens (including phenoxy) is 1. The lowest BCUT2D eigenvalue weighted by Gasteiger charge is -2.39. The first-order valence-corrected chi connectivity index (χ1v) is 11.7. The van der Waals surface area contributed by atoms with Gasteiger partial charge in [0.1, 0.15) is 36.6 Å². The van der Waals surface area contributed by atoms with Crippen LogP contribution in [-0.2, 0) is 4.74 Å². The molecular weight excluding hydrogens is 510 g/mol. The van der Waals surface area contributed by atoms with Gasteiger partial charge in [0.15, 0.2) is 12.4 Å². The maximum atomic E-state index is 14.5. The molecule has 12 heteroatoms. The fraction of sp³-hybridized carbons (Fsp3) is 0.231. The molecule has 194 valence electrons. The highest BCUT2D eigenvalue weighted by Gasteiger charge is 2.47. The third-order valence-corrected chi connectivity index (χ3v) is 7.44. The molecular formula is C26H17F4N3O5. The first-order chi connectivity index (χ1) is 18.2. The molecule has 38 heavy (non-hydrogen) atoms. The van der Waals surface area contributed by atoms with Gasteiger partial charge in [0.25, 0.3) is 11.8 Å². The van der Waals surface area contributed by atoms with E-state index < -0.39 is 60.8 Å². The van der Waals surface area contributed by atoms with Crippen LogP contribution in [-0.4, -0.2) is 62.7 Å². The van der Waals surface area contributed by atoms with Gasteiger partial charge in [0.2, 0.25) is 0 Å². The number of nitrogens with zero attached hydrogens (tertiary/aromatic N) is 1. The van der Waals surface area contributed by atoms with Crippen LogP contribution in [0.25, 0.3) is 43.6 Å². The van der Waals surface area contributed by atoms with Gasteiger partial charge in [-0.1, -0.05) is 0 Å². The van der Waals surface area contributed by atoms with Crippen LogP contribution in [0.5, 0.6) is 0 Å². The van der Waals surface area contributed by atoms with Crippen molar-refractivity contribution in [3.8, 4) is 0 Å². The third kappa shape index (κ3) is 2.84. The van der Waals surface area contributed by atoms with E-state index in [-0.39, 0.29) is 49.2 Å². The lowest BCUT2D eigenvalue weighted by molar-refractivity contribution is -0.229. The van der Waals surface area contributed by atoms with Crippen LogP contribution < -0.4 is 5.32 Å². The van der Waals surface area contributed by atoms with Crippen LogP contribution in [0.1, 0.15) is 26.9 Å². The lowest BCUT2D eigenvalue weighted by Crippen LogP contribution is -2.54.